The van der Waals surface area contributed by atoms with Gasteiger partial charge in [0.2, 0.25) is 10.0 Å². The van der Waals surface area contributed by atoms with Crippen LogP contribution in [0.4, 0.5) is 0 Å². The van der Waals surface area contributed by atoms with E-state index in [0.29, 0.717) is 6.42 Å². The van der Waals surface area contributed by atoms with Crippen LogP contribution in [-0.4, -0.2) is 54.9 Å². The second kappa shape index (κ2) is 5.94. The van der Waals surface area contributed by atoms with E-state index in [9.17, 15) is 13.2 Å². The summed E-state index contributed by atoms with van der Waals surface area (Å²) in [6, 6.07) is 0. The van der Waals surface area contributed by atoms with E-state index in [-0.39, 0.29) is 26.1 Å². The van der Waals surface area contributed by atoms with Crippen LogP contribution >= 0.6 is 0 Å². The molecule has 0 aliphatic rings. The lowest BCUT2D eigenvalue weighted by atomic mass is 10.4. The van der Waals surface area contributed by atoms with Crippen LogP contribution < -0.4 is 0 Å². The minimum absolute atomic E-state index is 0.0475. The standard InChI is InChI=1S/C7H15NO5S/c1-14(12,13)8(4-2-6-9)5-3-7(10)11/h9H,2-6H2,1H3,(H,10,11). The second-order valence-electron chi connectivity index (χ2n) is 2.88. The molecule has 0 aromatic rings. The smallest absolute Gasteiger partial charge is 0.304 e. The maximum absolute atomic E-state index is 11.1. The maximum atomic E-state index is 11.1. The summed E-state index contributed by atoms with van der Waals surface area (Å²) in [5.74, 6) is -1.04. The van der Waals surface area contributed by atoms with E-state index in [1.54, 1.807) is 0 Å². The number of carboxylic acid groups (broad SMARTS) is 1. The third-order valence-electron chi connectivity index (χ3n) is 1.61. The Labute approximate surface area is 83.2 Å². The van der Waals surface area contributed by atoms with Crippen LogP contribution in [0.25, 0.3) is 0 Å². The molecule has 0 fully saturated rings. The Kier molecular flexibility index (Phi) is 5.66. The molecule has 0 saturated carbocycles. The highest BCUT2D eigenvalue weighted by atomic mass is 32.2. The molecule has 0 aliphatic heterocycles. The van der Waals surface area contributed by atoms with Gasteiger partial charge in [0.1, 0.15) is 0 Å². The van der Waals surface area contributed by atoms with Gasteiger partial charge in [0.05, 0.1) is 12.7 Å². The van der Waals surface area contributed by atoms with E-state index in [0.717, 1.165) is 10.6 Å². The molecule has 0 rings (SSSR count). The molecule has 0 amide bonds. The predicted molar refractivity (Wildman–Crippen MR) is 50.4 cm³/mol. The maximum Gasteiger partial charge on any atom is 0.304 e. The van der Waals surface area contributed by atoms with Gasteiger partial charge in [0.25, 0.3) is 0 Å². The molecule has 0 bridgehead atoms. The molecule has 6 nitrogen and oxygen atoms in total. The van der Waals surface area contributed by atoms with Crippen molar-refractivity contribution in [2.24, 2.45) is 0 Å². The van der Waals surface area contributed by atoms with Crippen LogP contribution in [0, 0.1) is 0 Å². The van der Waals surface area contributed by atoms with Gasteiger partial charge >= 0.3 is 5.97 Å². The van der Waals surface area contributed by atoms with Crippen molar-refractivity contribution in [1.29, 1.82) is 0 Å². The minimum atomic E-state index is -3.37. The number of carbonyl (C=O) groups is 1. The van der Waals surface area contributed by atoms with Gasteiger partial charge in [-0.15, -0.1) is 0 Å². The summed E-state index contributed by atoms with van der Waals surface area (Å²) in [6.45, 7) is -0.00410. The molecule has 2 N–H and O–H groups in total. The molecule has 0 atom stereocenters. The fourth-order valence-electron chi connectivity index (χ4n) is 0.911. The van der Waals surface area contributed by atoms with Gasteiger partial charge in [-0.25, -0.2) is 12.7 Å². The van der Waals surface area contributed by atoms with Gasteiger partial charge in [0, 0.05) is 19.7 Å². The number of aliphatic hydroxyl groups is 1. The fourth-order valence-corrected chi connectivity index (χ4v) is 1.79. The molecule has 0 heterocycles. The van der Waals surface area contributed by atoms with Crippen molar-refractivity contribution < 1.29 is 23.4 Å². The second-order valence-corrected chi connectivity index (χ2v) is 4.87. The van der Waals surface area contributed by atoms with Crippen molar-refractivity contribution in [2.75, 3.05) is 26.0 Å². The summed E-state index contributed by atoms with van der Waals surface area (Å²) in [5, 5.41) is 16.9. The number of rotatable bonds is 7. The SMILES string of the molecule is CS(=O)(=O)N(CCCO)CCC(=O)O. The van der Waals surface area contributed by atoms with Crippen LogP contribution in [0.2, 0.25) is 0 Å². The molecular weight excluding hydrogens is 210 g/mol. The number of aliphatic carboxylic acids is 1. The Balaban J connectivity index is 4.19. The summed E-state index contributed by atoms with van der Waals surface area (Å²) >= 11 is 0. The number of nitrogens with zero attached hydrogens (tertiary/aromatic N) is 1. The number of carboxylic acids is 1. The molecule has 0 radical (unpaired) electrons. The summed E-state index contributed by atoms with van der Waals surface area (Å²) in [5.41, 5.74) is 0. The molecule has 0 spiro atoms. The largest absolute Gasteiger partial charge is 0.481 e. The van der Waals surface area contributed by atoms with E-state index < -0.39 is 16.0 Å². The summed E-state index contributed by atoms with van der Waals surface area (Å²) in [6.07, 6.45) is 1.11. The zero-order chi connectivity index (χ0) is 11.2. The highest BCUT2D eigenvalue weighted by Gasteiger charge is 2.16. The third kappa shape index (κ3) is 5.90. The van der Waals surface area contributed by atoms with Crippen molar-refractivity contribution in [3.63, 3.8) is 0 Å². The molecule has 0 unspecified atom stereocenters. The fraction of sp³-hybridized carbons (Fsp3) is 0.857. The molecule has 14 heavy (non-hydrogen) atoms. The Hall–Kier alpha value is -0.660. The van der Waals surface area contributed by atoms with Crippen LogP contribution in [0.15, 0.2) is 0 Å². The van der Waals surface area contributed by atoms with Crippen LogP contribution in [-0.2, 0) is 14.8 Å². The topological polar surface area (TPSA) is 94.9 Å². The van der Waals surface area contributed by atoms with Gasteiger partial charge in [-0.3, -0.25) is 4.79 Å². The van der Waals surface area contributed by atoms with Crippen molar-refractivity contribution in [2.45, 2.75) is 12.8 Å². The van der Waals surface area contributed by atoms with Crippen molar-refractivity contribution in [1.82, 2.24) is 4.31 Å². The summed E-state index contributed by atoms with van der Waals surface area (Å²) in [4.78, 5) is 10.2. The average Bonchev–Trinajstić information content (AvgIpc) is 2.01. The van der Waals surface area contributed by atoms with Gasteiger partial charge in [-0.2, -0.15) is 0 Å². The quantitative estimate of drug-likeness (QED) is 0.586. The van der Waals surface area contributed by atoms with E-state index in [4.69, 9.17) is 10.2 Å². The first-order valence-electron chi connectivity index (χ1n) is 4.15. The van der Waals surface area contributed by atoms with E-state index in [1.165, 1.54) is 0 Å². The monoisotopic (exact) mass is 225 g/mol. The lowest BCUT2D eigenvalue weighted by Crippen LogP contribution is -2.33. The molecular formula is C7H15NO5S. The Bertz CT molecular complexity index is 274. The predicted octanol–water partition coefficient (Wildman–Crippen LogP) is -0.895. The van der Waals surface area contributed by atoms with Crippen LogP contribution in [0.5, 0.6) is 0 Å². The third-order valence-corrected chi connectivity index (χ3v) is 2.91. The zero-order valence-electron chi connectivity index (χ0n) is 8.01. The van der Waals surface area contributed by atoms with E-state index in [1.807, 2.05) is 0 Å². The molecule has 7 heteroatoms. The van der Waals surface area contributed by atoms with Gasteiger partial charge in [0.15, 0.2) is 0 Å². The zero-order valence-corrected chi connectivity index (χ0v) is 8.83. The number of aliphatic hydroxyl groups excluding tert-OH is 1. The molecule has 0 aliphatic carbocycles. The van der Waals surface area contributed by atoms with E-state index >= 15 is 0 Å². The van der Waals surface area contributed by atoms with Gasteiger partial charge in [-0.1, -0.05) is 0 Å². The number of hydrogen-bond acceptors (Lipinski definition) is 4. The lowest BCUT2D eigenvalue weighted by molar-refractivity contribution is -0.137. The first kappa shape index (κ1) is 13.3. The summed E-state index contributed by atoms with van der Waals surface area (Å²) in [7, 11) is -3.37. The minimum Gasteiger partial charge on any atom is -0.481 e. The number of sulfonamides is 1. The Morgan fingerprint density at radius 2 is 1.93 bits per heavy atom. The van der Waals surface area contributed by atoms with Crippen LogP contribution in [0.3, 0.4) is 0 Å². The van der Waals surface area contributed by atoms with Crippen molar-refractivity contribution in [3.8, 4) is 0 Å². The molecule has 0 aromatic heterocycles. The van der Waals surface area contributed by atoms with Crippen LogP contribution in [0.1, 0.15) is 12.8 Å². The van der Waals surface area contributed by atoms with Crippen molar-refractivity contribution in [3.05, 3.63) is 0 Å². The van der Waals surface area contributed by atoms with Crippen molar-refractivity contribution >= 4 is 16.0 Å². The normalized spacial score (nSPS) is 11.9. The summed E-state index contributed by atoms with van der Waals surface area (Å²) < 4.78 is 23.3. The first-order chi connectivity index (χ1) is 6.38. The van der Waals surface area contributed by atoms with Gasteiger partial charge in [-0.05, 0) is 6.42 Å². The Morgan fingerprint density at radius 1 is 1.36 bits per heavy atom. The Morgan fingerprint density at radius 3 is 2.29 bits per heavy atom. The highest BCUT2D eigenvalue weighted by Crippen LogP contribution is 2.01. The average molecular weight is 225 g/mol. The van der Waals surface area contributed by atoms with E-state index in [2.05, 4.69) is 0 Å². The van der Waals surface area contributed by atoms with Gasteiger partial charge < -0.3 is 10.2 Å². The molecule has 0 saturated heterocycles. The first-order valence-corrected chi connectivity index (χ1v) is 6.00. The highest BCUT2D eigenvalue weighted by molar-refractivity contribution is 7.88. The molecule has 0 aromatic carbocycles. The molecule has 84 valence electrons. The lowest BCUT2D eigenvalue weighted by Gasteiger charge is -2.18. The number of hydrogen-bond donors (Lipinski definition) is 2.